The van der Waals surface area contributed by atoms with Gasteiger partial charge < -0.3 is 34.0 Å². The van der Waals surface area contributed by atoms with Crippen LogP contribution in [0.25, 0.3) is 0 Å². The molecule has 0 aromatic rings. The van der Waals surface area contributed by atoms with Gasteiger partial charge in [0.25, 0.3) is 0 Å². The first-order valence-electron chi connectivity index (χ1n) is 8.08. The molecule has 0 fully saturated rings. The van der Waals surface area contributed by atoms with Crippen LogP contribution in [0, 0.1) is 11.5 Å². The summed E-state index contributed by atoms with van der Waals surface area (Å²) in [7, 11) is -1.79. The van der Waals surface area contributed by atoms with E-state index < -0.39 is 14.1 Å². The summed E-state index contributed by atoms with van der Waals surface area (Å²) in [6.45, 7) is 15.5. The van der Waals surface area contributed by atoms with Crippen molar-refractivity contribution in [1.82, 2.24) is 0 Å². The maximum Gasteiger partial charge on any atom is 3.00 e. The van der Waals surface area contributed by atoms with Crippen molar-refractivity contribution in [2.24, 2.45) is 5.41 Å². The van der Waals surface area contributed by atoms with Crippen LogP contribution in [-0.2, 0) is 30.9 Å². The van der Waals surface area contributed by atoms with Crippen LogP contribution in [-0.4, -0.2) is 14.1 Å². The molecule has 25 heavy (non-hydrogen) atoms. The van der Waals surface area contributed by atoms with Gasteiger partial charge in [-0.3, -0.25) is 0 Å². The molecule has 0 amide bonds. The normalized spacial score (nSPS) is 22.6. The van der Waals surface area contributed by atoms with E-state index in [1.807, 2.05) is 6.08 Å². The molecule has 0 aliphatic heterocycles. The molecule has 1 unspecified atom stereocenters. The monoisotopic (exact) mass is 435 g/mol. The van der Waals surface area contributed by atoms with E-state index in [1.165, 1.54) is 11.1 Å². The molecule has 2 aliphatic rings. The predicted molar refractivity (Wildman–Crippen MR) is 94.7 cm³/mol. The SMILES string of the molecule is CC1=CCC(OC2=[C-]CC=C2)(O[Si](C)(C)C)C(C(C)(C)C)=C1.[Cl-].[Cl-].[Ti+3]. The number of ether oxygens (including phenoxy) is 1. The molecule has 139 valence electrons. The molecule has 6 heteroatoms. The zero-order valence-corrected chi connectivity index (χ0v) is 20.4. The van der Waals surface area contributed by atoms with E-state index in [9.17, 15) is 0 Å². The van der Waals surface area contributed by atoms with E-state index in [1.54, 1.807) is 0 Å². The van der Waals surface area contributed by atoms with Crippen molar-refractivity contribution in [3.8, 4) is 0 Å². The molecule has 2 aliphatic carbocycles. The van der Waals surface area contributed by atoms with E-state index >= 15 is 0 Å². The molecule has 2 nitrogen and oxygen atoms in total. The summed E-state index contributed by atoms with van der Waals surface area (Å²) >= 11 is 0. The molecule has 0 N–H and O–H groups in total. The quantitative estimate of drug-likeness (QED) is 0.337. The summed E-state index contributed by atoms with van der Waals surface area (Å²) in [5, 5.41) is 0. The number of rotatable bonds is 4. The summed E-state index contributed by atoms with van der Waals surface area (Å²) < 4.78 is 13.0. The van der Waals surface area contributed by atoms with Crippen molar-refractivity contribution in [2.75, 3.05) is 0 Å². The van der Waals surface area contributed by atoms with Crippen LogP contribution in [0.1, 0.15) is 40.5 Å². The third kappa shape index (κ3) is 7.40. The molecule has 0 aromatic carbocycles. The van der Waals surface area contributed by atoms with Crippen molar-refractivity contribution < 1.29 is 55.7 Å². The fourth-order valence-electron chi connectivity index (χ4n) is 2.93. The average molecular weight is 436 g/mol. The molecule has 1 radical (unpaired) electrons. The van der Waals surface area contributed by atoms with Gasteiger partial charge in [0.2, 0.25) is 5.79 Å². The third-order valence-corrected chi connectivity index (χ3v) is 4.63. The number of halogens is 2. The van der Waals surface area contributed by atoms with Gasteiger partial charge in [0.05, 0.1) is 0 Å². The van der Waals surface area contributed by atoms with Crippen molar-refractivity contribution in [3.63, 3.8) is 0 Å². The number of allylic oxidation sites excluding steroid dienone is 5. The summed E-state index contributed by atoms with van der Waals surface area (Å²) in [4.78, 5) is 0. The first-order chi connectivity index (χ1) is 10.0. The van der Waals surface area contributed by atoms with Gasteiger partial charge in [-0.2, -0.15) is 12.2 Å². The third-order valence-electron chi connectivity index (χ3n) is 3.69. The van der Waals surface area contributed by atoms with Gasteiger partial charge in [-0.15, -0.1) is 6.42 Å². The summed E-state index contributed by atoms with van der Waals surface area (Å²) in [5.41, 5.74) is 2.48. The number of hydrogen-bond donors (Lipinski definition) is 0. The minimum Gasteiger partial charge on any atom is -1.00 e. The Morgan fingerprint density at radius 2 is 1.76 bits per heavy atom. The van der Waals surface area contributed by atoms with Crippen LogP contribution >= 0.6 is 0 Å². The van der Waals surface area contributed by atoms with Crippen LogP contribution in [0.15, 0.2) is 41.2 Å². The van der Waals surface area contributed by atoms with Gasteiger partial charge >= 0.3 is 21.7 Å². The van der Waals surface area contributed by atoms with Gasteiger partial charge in [0, 0.05) is 12.0 Å². The molecule has 0 bridgehead atoms. The molecule has 0 spiro atoms. The largest absolute Gasteiger partial charge is 3.00 e. The summed E-state index contributed by atoms with van der Waals surface area (Å²) in [6.07, 6.45) is 13.4. The van der Waals surface area contributed by atoms with Gasteiger partial charge in [-0.05, 0) is 37.7 Å². The van der Waals surface area contributed by atoms with E-state index in [2.05, 4.69) is 71.6 Å². The Balaban J connectivity index is 0. The van der Waals surface area contributed by atoms with E-state index in [0.717, 1.165) is 18.6 Å². The standard InChI is InChI=1S/C19H29O2Si.2ClH.Ti/c1-15-12-13-19(21-22(5,6)7,17(14-15)18(2,3)4)20-16-10-8-9-11-16;;;/h8,10,12,14H,9,13H2,1-7H3;2*1H;/q-1;;;+3/p-2. The zero-order chi connectivity index (χ0) is 16.6. The smallest absolute Gasteiger partial charge is 1.00 e. The van der Waals surface area contributed by atoms with Gasteiger partial charge in [0.1, 0.15) is 0 Å². The van der Waals surface area contributed by atoms with Crippen LogP contribution in [0.2, 0.25) is 19.6 Å². The maximum atomic E-state index is 6.62. The summed E-state index contributed by atoms with van der Waals surface area (Å²) in [5.74, 6) is 0.112. The van der Waals surface area contributed by atoms with Crippen LogP contribution in [0.3, 0.4) is 0 Å². The second-order valence-electron chi connectivity index (χ2n) is 8.18. The van der Waals surface area contributed by atoms with E-state index in [0.29, 0.717) is 0 Å². The van der Waals surface area contributed by atoms with Gasteiger partial charge in [0.15, 0.2) is 8.32 Å². The Morgan fingerprint density at radius 1 is 1.16 bits per heavy atom. The topological polar surface area (TPSA) is 18.5 Å². The Kier molecular flexibility index (Phi) is 10.9. The Labute approximate surface area is 182 Å². The van der Waals surface area contributed by atoms with Crippen molar-refractivity contribution >= 4 is 8.32 Å². The molecule has 0 heterocycles. The van der Waals surface area contributed by atoms with Crippen molar-refractivity contribution in [2.45, 2.75) is 66.0 Å². The molecule has 0 saturated carbocycles. The van der Waals surface area contributed by atoms with Gasteiger partial charge in [-0.25, -0.2) is 6.08 Å². The average Bonchev–Trinajstić information content (AvgIpc) is 2.81. The van der Waals surface area contributed by atoms with Crippen molar-refractivity contribution in [1.29, 1.82) is 0 Å². The zero-order valence-electron chi connectivity index (χ0n) is 16.3. The fourth-order valence-corrected chi connectivity index (χ4v) is 4.15. The van der Waals surface area contributed by atoms with E-state index in [-0.39, 0.29) is 51.9 Å². The Bertz CT molecular complexity index is 569. The van der Waals surface area contributed by atoms with Gasteiger partial charge in [-0.1, -0.05) is 38.5 Å². The van der Waals surface area contributed by atoms with Crippen molar-refractivity contribution in [3.05, 3.63) is 47.3 Å². The fraction of sp³-hybridized carbons (Fsp3) is 0.579. The van der Waals surface area contributed by atoms with Crippen LogP contribution < -0.4 is 24.8 Å². The molecule has 0 saturated heterocycles. The second-order valence-corrected chi connectivity index (χ2v) is 12.6. The minimum absolute atomic E-state index is 0. The van der Waals surface area contributed by atoms with E-state index in [4.69, 9.17) is 9.16 Å². The molecular weight excluding hydrogens is 407 g/mol. The molecule has 2 rings (SSSR count). The molecule has 1 atom stereocenters. The van der Waals surface area contributed by atoms with Crippen LogP contribution in [0.4, 0.5) is 0 Å². The Hall–Kier alpha value is 0.231. The first kappa shape index (κ1) is 27.5. The summed E-state index contributed by atoms with van der Waals surface area (Å²) in [6, 6.07) is 0. The minimum atomic E-state index is -1.79. The van der Waals surface area contributed by atoms with Crippen LogP contribution in [0.5, 0.6) is 0 Å². The second kappa shape index (κ2) is 9.96. The maximum absolute atomic E-state index is 6.62. The predicted octanol–water partition coefficient (Wildman–Crippen LogP) is -0.474. The molecule has 0 aromatic heterocycles. The Morgan fingerprint density at radius 3 is 2.20 bits per heavy atom. The molecular formula is C19H29Cl2O2SiTi. The first-order valence-corrected chi connectivity index (χ1v) is 11.5. The number of hydrogen-bond acceptors (Lipinski definition) is 2.